The molecule has 0 spiro atoms. The van der Waals surface area contributed by atoms with E-state index in [2.05, 4.69) is 31.0 Å². The van der Waals surface area contributed by atoms with Crippen LogP contribution in [0, 0.1) is 0 Å². The smallest absolute Gasteiger partial charge is 0.274 e. The lowest BCUT2D eigenvalue weighted by atomic mass is 9.99. The quantitative estimate of drug-likeness (QED) is 0.220. The van der Waals surface area contributed by atoms with E-state index in [1.165, 1.54) is 16.9 Å². The number of ether oxygens (including phenoxy) is 3. The summed E-state index contributed by atoms with van der Waals surface area (Å²) in [5, 5.41) is 0. The second kappa shape index (κ2) is 11.0. The first-order valence-corrected chi connectivity index (χ1v) is 13.3. The normalized spacial score (nSPS) is 12.8. The highest BCUT2D eigenvalue weighted by atomic mass is 32.1. The molecule has 0 fully saturated rings. The summed E-state index contributed by atoms with van der Waals surface area (Å²) in [4.78, 5) is 18.3. The van der Waals surface area contributed by atoms with Crippen molar-refractivity contribution < 1.29 is 14.2 Å². The van der Waals surface area contributed by atoms with Gasteiger partial charge in [-0.3, -0.25) is 4.79 Å². The third-order valence-corrected chi connectivity index (χ3v) is 7.48. The van der Waals surface area contributed by atoms with Crippen LogP contribution in [-0.2, 0) is 0 Å². The van der Waals surface area contributed by atoms with E-state index in [1.54, 1.807) is 11.5 Å². The van der Waals surface area contributed by atoms with Crippen LogP contribution < -0.4 is 24.3 Å². The van der Waals surface area contributed by atoms with Crippen LogP contribution >= 0.6 is 11.3 Å². The fourth-order valence-corrected chi connectivity index (χ4v) is 5.20. The maximum Gasteiger partial charge on any atom is 0.274 e. The summed E-state index contributed by atoms with van der Waals surface area (Å²) in [5.41, 5.74) is 3.78. The highest BCUT2D eigenvalue weighted by Gasteiger charge is 2.11. The minimum atomic E-state index is -0.0671. The SMILES string of the molecule is CC[C@@H](C)c1ccc(OCCCOc2ccc(/C=c3\sc4nc5ccccc5n4c3=O)cc2OC)cc1. The molecule has 37 heavy (non-hydrogen) atoms. The van der Waals surface area contributed by atoms with Crippen LogP contribution in [0.15, 0.2) is 71.5 Å². The van der Waals surface area contributed by atoms with Crippen LogP contribution in [0.25, 0.3) is 22.1 Å². The minimum absolute atomic E-state index is 0.0671. The second-order valence-electron chi connectivity index (χ2n) is 8.97. The zero-order valence-electron chi connectivity index (χ0n) is 21.3. The Kier molecular flexibility index (Phi) is 7.42. The van der Waals surface area contributed by atoms with Crippen LogP contribution in [-0.4, -0.2) is 29.7 Å². The van der Waals surface area contributed by atoms with E-state index >= 15 is 0 Å². The van der Waals surface area contributed by atoms with E-state index < -0.39 is 0 Å². The monoisotopic (exact) mass is 514 g/mol. The number of imidazole rings is 1. The molecule has 0 aliphatic carbocycles. The molecule has 0 aliphatic rings. The van der Waals surface area contributed by atoms with E-state index in [0.717, 1.165) is 35.2 Å². The lowest BCUT2D eigenvalue weighted by molar-refractivity contribution is 0.240. The van der Waals surface area contributed by atoms with Gasteiger partial charge in [0.25, 0.3) is 5.56 Å². The molecule has 1 atom stereocenters. The van der Waals surface area contributed by atoms with Gasteiger partial charge in [0, 0.05) is 6.42 Å². The molecule has 0 saturated carbocycles. The van der Waals surface area contributed by atoms with Crippen molar-refractivity contribution in [3.8, 4) is 17.2 Å². The Morgan fingerprint density at radius 1 is 1.00 bits per heavy atom. The van der Waals surface area contributed by atoms with E-state index in [4.69, 9.17) is 14.2 Å². The molecule has 2 heterocycles. The number of hydrogen-bond acceptors (Lipinski definition) is 6. The molecule has 7 heteroatoms. The number of hydrogen-bond donors (Lipinski definition) is 0. The first kappa shape index (κ1) is 24.8. The van der Waals surface area contributed by atoms with Crippen molar-refractivity contribution in [2.75, 3.05) is 20.3 Å². The molecule has 5 aromatic rings. The third-order valence-electron chi connectivity index (χ3n) is 6.51. The Balaban J connectivity index is 1.22. The number of methoxy groups -OCH3 is 1. The molecule has 0 saturated heterocycles. The van der Waals surface area contributed by atoms with Crippen LogP contribution in [0.1, 0.15) is 43.7 Å². The zero-order valence-corrected chi connectivity index (χ0v) is 22.1. The summed E-state index contributed by atoms with van der Waals surface area (Å²) in [7, 11) is 1.61. The average molecular weight is 515 g/mol. The third kappa shape index (κ3) is 5.32. The lowest BCUT2D eigenvalue weighted by Crippen LogP contribution is -2.22. The van der Waals surface area contributed by atoms with E-state index in [9.17, 15) is 4.79 Å². The van der Waals surface area contributed by atoms with Gasteiger partial charge < -0.3 is 14.2 Å². The van der Waals surface area contributed by atoms with E-state index in [-0.39, 0.29) is 5.56 Å². The molecule has 0 aliphatic heterocycles. The number of thiazole rings is 1. The van der Waals surface area contributed by atoms with E-state index in [0.29, 0.717) is 40.1 Å². The van der Waals surface area contributed by atoms with Crippen LogP contribution in [0.3, 0.4) is 0 Å². The van der Waals surface area contributed by atoms with Gasteiger partial charge in [-0.1, -0.05) is 55.5 Å². The fourth-order valence-electron chi connectivity index (χ4n) is 4.22. The highest BCUT2D eigenvalue weighted by Crippen LogP contribution is 2.29. The second-order valence-corrected chi connectivity index (χ2v) is 9.98. The van der Waals surface area contributed by atoms with Crippen molar-refractivity contribution in [2.45, 2.75) is 32.6 Å². The molecule has 190 valence electrons. The summed E-state index contributed by atoms with van der Waals surface area (Å²) >= 11 is 1.38. The topological polar surface area (TPSA) is 62.1 Å². The molecule has 0 N–H and O–H groups in total. The van der Waals surface area contributed by atoms with Gasteiger partial charge in [0.05, 0.1) is 35.9 Å². The molecular weight excluding hydrogens is 484 g/mol. The minimum Gasteiger partial charge on any atom is -0.493 e. The molecule has 0 amide bonds. The Hall–Kier alpha value is -3.84. The van der Waals surface area contributed by atoms with Crippen molar-refractivity contribution in [3.05, 3.63) is 92.7 Å². The summed E-state index contributed by atoms with van der Waals surface area (Å²) in [6.45, 7) is 5.50. The summed E-state index contributed by atoms with van der Waals surface area (Å²) in [6.07, 6.45) is 3.73. The number of benzene rings is 3. The van der Waals surface area contributed by atoms with Crippen molar-refractivity contribution in [3.63, 3.8) is 0 Å². The van der Waals surface area contributed by atoms with Gasteiger partial charge in [-0.05, 0) is 65.9 Å². The van der Waals surface area contributed by atoms with Crippen LogP contribution in [0.4, 0.5) is 0 Å². The summed E-state index contributed by atoms with van der Waals surface area (Å²) in [5.74, 6) is 2.71. The predicted molar refractivity (Wildman–Crippen MR) is 149 cm³/mol. The number of para-hydroxylation sites is 2. The van der Waals surface area contributed by atoms with Gasteiger partial charge in [0.15, 0.2) is 16.5 Å². The molecule has 3 aromatic carbocycles. The number of aromatic nitrogens is 2. The number of nitrogens with zero attached hydrogens (tertiary/aromatic N) is 2. The first-order valence-electron chi connectivity index (χ1n) is 12.5. The molecule has 2 aromatic heterocycles. The molecular formula is C30H30N2O4S. The Morgan fingerprint density at radius 3 is 2.57 bits per heavy atom. The first-order chi connectivity index (χ1) is 18.1. The van der Waals surface area contributed by atoms with Crippen molar-refractivity contribution >= 4 is 33.4 Å². The van der Waals surface area contributed by atoms with Gasteiger partial charge in [-0.2, -0.15) is 0 Å². The average Bonchev–Trinajstić information content (AvgIpc) is 3.44. The summed E-state index contributed by atoms with van der Waals surface area (Å²) in [6, 6.07) is 21.7. The fraction of sp³-hybridized carbons (Fsp3) is 0.267. The van der Waals surface area contributed by atoms with Crippen LogP contribution in [0.5, 0.6) is 17.2 Å². The van der Waals surface area contributed by atoms with Gasteiger partial charge in [0.2, 0.25) is 0 Å². The van der Waals surface area contributed by atoms with Crippen molar-refractivity contribution in [1.82, 2.24) is 9.38 Å². The van der Waals surface area contributed by atoms with Crippen molar-refractivity contribution in [2.24, 2.45) is 0 Å². The van der Waals surface area contributed by atoms with E-state index in [1.807, 2.05) is 60.7 Å². The van der Waals surface area contributed by atoms with Gasteiger partial charge in [-0.25, -0.2) is 9.38 Å². The highest BCUT2D eigenvalue weighted by molar-refractivity contribution is 7.15. The van der Waals surface area contributed by atoms with Gasteiger partial charge >= 0.3 is 0 Å². The summed E-state index contributed by atoms with van der Waals surface area (Å²) < 4.78 is 19.7. The predicted octanol–water partition coefficient (Wildman–Crippen LogP) is 5.83. The van der Waals surface area contributed by atoms with Gasteiger partial charge in [-0.15, -0.1) is 0 Å². The van der Waals surface area contributed by atoms with Crippen LogP contribution in [0.2, 0.25) is 0 Å². The molecule has 6 nitrogen and oxygen atoms in total. The maximum atomic E-state index is 13.0. The zero-order chi connectivity index (χ0) is 25.8. The Bertz CT molecular complexity index is 1620. The molecule has 0 unspecified atom stereocenters. The molecule has 0 radical (unpaired) electrons. The molecule has 0 bridgehead atoms. The largest absolute Gasteiger partial charge is 0.493 e. The number of fused-ring (bicyclic) bond motifs is 3. The standard InChI is InChI=1S/C30H30N2O4S/c1-4-20(2)22-11-13-23(14-12-22)35-16-7-17-36-26-15-10-21(18-27(26)34-3)19-28-29(33)32-25-9-6-5-8-24(25)31-30(32)37-28/h5-6,8-15,18-20H,4,7,16-17H2,1-3H3/b28-19-/t20-/m1/s1. The Morgan fingerprint density at radius 2 is 1.78 bits per heavy atom. The van der Waals surface area contributed by atoms with Crippen molar-refractivity contribution in [1.29, 1.82) is 0 Å². The number of rotatable bonds is 10. The lowest BCUT2D eigenvalue weighted by Gasteiger charge is -2.12. The molecule has 5 rings (SSSR count). The van der Waals surface area contributed by atoms with Gasteiger partial charge in [0.1, 0.15) is 5.75 Å². The maximum absolute atomic E-state index is 13.0. The Labute approximate surface area is 219 Å².